The molecule has 0 bridgehead atoms. The van der Waals surface area contributed by atoms with Crippen LogP contribution in [-0.2, 0) is 9.59 Å². The quantitative estimate of drug-likeness (QED) is 0.348. The molecular weight excluding hydrogens is 461 g/mol. The standard InChI is InChI=1S/C25H19ClFN3O4/c1-33-23-12-16(11-17(14-28)25(32)30-21-4-2-3-18(26)13-21)5-10-22(23)34-15-24(31)29-20-8-6-19(27)7-9-20/h2-13H,15H2,1H3,(H,29,31)(H,30,32)/b17-11-. The van der Waals surface area contributed by atoms with Gasteiger partial charge in [-0.25, -0.2) is 4.39 Å². The maximum atomic E-state index is 13.0. The first-order valence-corrected chi connectivity index (χ1v) is 10.3. The number of methoxy groups -OCH3 is 1. The molecule has 3 aromatic carbocycles. The molecule has 3 aromatic rings. The zero-order valence-electron chi connectivity index (χ0n) is 18.0. The van der Waals surface area contributed by atoms with Crippen LogP contribution in [0, 0.1) is 17.1 Å². The van der Waals surface area contributed by atoms with Crippen molar-refractivity contribution < 1.29 is 23.5 Å². The third-order valence-corrected chi connectivity index (χ3v) is 4.67. The number of nitrogens with one attached hydrogen (secondary N) is 2. The van der Waals surface area contributed by atoms with E-state index >= 15 is 0 Å². The lowest BCUT2D eigenvalue weighted by atomic mass is 10.1. The fraction of sp³-hybridized carbons (Fsp3) is 0.0800. The summed E-state index contributed by atoms with van der Waals surface area (Å²) in [6.07, 6.45) is 1.40. The number of hydrogen-bond acceptors (Lipinski definition) is 5. The SMILES string of the molecule is COc1cc(/C=C(/C#N)C(=O)Nc2cccc(Cl)c2)ccc1OCC(=O)Nc1ccc(F)cc1. The summed E-state index contributed by atoms with van der Waals surface area (Å²) in [6, 6.07) is 18.5. The third-order valence-electron chi connectivity index (χ3n) is 4.43. The van der Waals surface area contributed by atoms with Gasteiger partial charge in [-0.3, -0.25) is 9.59 Å². The normalized spacial score (nSPS) is 10.7. The Bertz CT molecular complexity index is 1270. The van der Waals surface area contributed by atoms with E-state index in [0.717, 1.165) is 0 Å². The number of benzene rings is 3. The second-order valence-corrected chi connectivity index (χ2v) is 7.32. The smallest absolute Gasteiger partial charge is 0.266 e. The largest absolute Gasteiger partial charge is 0.493 e. The van der Waals surface area contributed by atoms with Crippen molar-refractivity contribution in [2.75, 3.05) is 24.4 Å². The maximum Gasteiger partial charge on any atom is 0.266 e. The number of nitrogens with zero attached hydrogens (tertiary/aromatic N) is 1. The van der Waals surface area contributed by atoms with Crippen LogP contribution < -0.4 is 20.1 Å². The Morgan fingerprint density at radius 1 is 1.03 bits per heavy atom. The predicted molar refractivity (Wildman–Crippen MR) is 127 cm³/mol. The van der Waals surface area contributed by atoms with Crippen LogP contribution in [0.3, 0.4) is 0 Å². The summed E-state index contributed by atoms with van der Waals surface area (Å²) in [5.41, 5.74) is 1.27. The number of ether oxygens (including phenoxy) is 2. The van der Waals surface area contributed by atoms with Crippen LogP contribution in [0.1, 0.15) is 5.56 Å². The van der Waals surface area contributed by atoms with Gasteiger partial charge in [-0.1, -0.05) is 23.7 Å². The van der Waals surface area contributed by atoms with Crippen molar-refractivity contribution in [3.8, 4) is 17.6 Å². The molecule has 0 aromatic heterocycles. The van der Waals surface area contributed by atoms with E-state index in [0.29, 0.717) is 27.7 Å². The molecule has 7 nitrogen and oxygen atoms in total. The molecule has 0 atom stereocenters. The van der Waals surface area contributed by atoms with Crippen molar-refractivity contribution in [1.82, 2.24) is 0 Å². The highest BCUT2D eigenvalue weighted by Crippen LogP contribution is 2.29. The van der Waals surface area contributed by atoms with E-state index in [2.05, 4.69) is 10.6 Å². The highest BCUT2D eigenvalue weighted by molar-refractivity contribution is 6.31. The molecule has 0 saturated carbocycles. The minimum atomic E-state index is -0.596. The summed E-state index contributed by atoms with van der Waals surface area (Å²) < 4.78 is 23.8. The number of amides is 2. The van der Waals surface area contributed by atoms with Crippen molar-refractivity contribution in [3.63, 3.8) is 0 Å². The number of carbonyl (C=O) groups is 2. The molecule has 0 fully saturated rings. The van der Waals surface area contributed by atoms with E-state index in [1.807, 2.05) is 6.07 Å². The second-order valence-electron chi connectivity index (χ2n) is 6.89. The van der Waals surface area contributed by atoms with Gasteiger partial charge in [-0.2, -0.15) is 5.26 Å². The van der Waals surface area contributed by atoms with E-state index < -0.39 is 17.6 Å². The van der Waals surface area contributed by atoms with E-state index in [1.165, 1.54) is 37.5 Å². The van der Waals surface area contributed by atoms with Crippen molar-refractivity contribution in [1.29, 1.82) is 5.26 Å². The van der Waals surface area contributed by atoms with Crippen LogP contribution >= 0.6 is 11.6 Å². The summed E-state index contributed by atoms with van der Waals surface area (Å²) in [7, 11) is 1.42. The highest BCUT2D eigenvalue weighted by atomic mass is 35.5. The minimum Gasteiger partial charge on any atom is -0.493 e. The summed E-state index contributed by atoms with van der Waals surface area (Å²) in [5.74, 6) is -0.857. The highest BCUT2D eigenvalue weighted by Gasteiger charge is 2.12. The number of anilines is 2. The molecule has 0 aliphatic heterocycles. The van der Waals surface area contributed by atoms with Crippen LogP contribution in [0.2, 0.25) is 5.02 Å². The van der Waals surface area contributed by atoms with Gasteiger partial charge in [-0.05, 0) is 66.2 Å². The molecule has 0 spiro atoms. The molecule has 0 aliphatic rings. The molecule has 0 aliphatic carbocycles. The minimum absolute atomic E-state index is 0.130. The first kappa shape index (κ1) is 24.3. The van der Waals surface area contributed by atoms with Crippen molar-refractivity contribution in [3.05, 3.63) is 88.7 Å². The number of halogens is 2. The molecule has 0 unspecified atom stereocenters. The third kappa shape index (κ3) is 6.82. The van der Waals surface area contributed by atoms with Crippen LogP contribution in [0.4, 0.5) is 15.8 Å². The van der Waals surface area contributed by atoms with E-state index in [-0.39, 0.29) is 17.9 Å². The van der Waals surface area contributed by atoms with Crippen molar-refractivity contribution in [2.45, 2.75) is 0 Å². The van der Waals surface area contributed by atoms with Gasteiger partial charge in [0.1, 0.15) is 17.5 Å². The van der Waals surface area contributed by atoms with Crippen LogP contribution in [0.25, 0.3) is 6.08 Å². The van der Waals surface area contributed by atoms with Gasteiger partial charge in [0.2, 0.25) is 0 Å². The molecule has 0 radical (unpaired) electrons. The van der Waals surface area contributed by atoms with Crippen LogP contribution in [0.5, 0.6) is 11.5 Å². The number of carbonyl (C=O) groups excluding carboxylic acids is 2. The Hall–Kier alpha value is -4.35. The summed E-state index contributed by atoms with van der Waals surface area (Å²) in [5, 5.41) is 15.1. The molecule has 0 saturated heterocycles. The topological polar surface area (TPSA) is 100 Å². The molecule has 3 rings (SSSR count). The lowest BCUT2D eigenvalue weighted by molar-refractivity contribution is -0.118. The second kappa shape index (κ2) is 11.5. The molecule has 34 heavy (non-hydrogen) atoms. The molecule has 0 heterocycles. The first-order valence-electron chi connectivity index (χ1n) is 9.93. The molecular formula is C25H19ClFN3O4. The Morgan fingerprint density at radius 2 is 1.79 bits per heavy atom. The van der Waals surface area contributed by atoms with Crippen molar-refractivity contribution in [2.24, 2.45) is 0 Å². The van der Waals surface area contributed by atoms with Gasteiger partial charge in [0, 0.05) is 16.4 Å². The fourth-order valence-electron chi connectivity index (χ4n) is 2.85. The zero-order valence-corrected chi connectivity index (χ0v) is 18.7. The fourth-order valence-corrected chi connectivity index (χ4v) is 3.04. The average Bonchev–Trinajstić information content (AvgIpc) is 2.82. The summed E-state index contributed by atoms with van der Waals surface area (Å²) in [4.78, 5) is 24.6. The number of nitriles is 1. The summed E-state index contributed by atoms with van der Waals surface area (Å²) in [6.45, 7) is -0.311. The Labute approximate surface area is 200 Å². The van der Waals surface area contributed by atoms with Gasteiger partial charge in [0.25, 0.3) is 11.8 Å². The van der Waals surface area contributed by atoms with E-state index in [4.69, 9.17) is 21.1 Å². The van der Waals surface area contributed by atoms with Gasteiger partial charge < -0.3 is 20.1 Å². The lowest BCUT2D eigenvalue weighted by Crippen LogP contribution is -2.20. The molecule has 9 heteroatoms. The Balaban J connectivity index is 1.67. The Morgan fingerprint density at radius 3 is 2.47 bits per heavy atom. The molecule has 2 amide bonds. The number of rotatable bonds is 8. The average molecular weight is 480 g/mol. The molecule has 172 valence electrons. The first-order chi connectivity index (χ1) is 16.4. The maximum absolute atomic E-state index is 13.0. The van der Waals surface area contributed by atoms with E-state index in [1.54, 1.807) is 42.5 Å². The predicted octanol–water partition coefficient (Wildman–Crippen LogP) is 5.05. The van der Waals surface area contributed by atoms with Crippen LogP contribution in [0.15, 0.2) is 72.3 Å². The van der Waals surface area contributed by atoms with Gasteiger partial charge in [0.15, 0.2) is 18.1 Å². The monoisotopic (exact) mass is 479 g/mol. The van der Waals surface area contributed by atoms with Gasteiger partial charge in [-0.15, -0.1) is 0 Å². The molecule has 2 N–H and O–H groups in total. The van der Waals surface area contributed by atoms with Crippen LogP contribution in [-0.4, -0.2) is 25.5 Å². The zero-order chi connectivity index (χ0) is 24.5. The van der Waals surface area contributed by atoms with E-state index in [9.17, 15) is 19.2 Å². The number of hydrogen-bond donors (Lipinski definition) is 2. The summed E-state index contributed by atoms with van der Waals surface area (Å²) >= 11 is 5.92. The van der Waals surface area contributed by atoms with Gasteiger partial charge >= 0.3 is 0 Å². The lowest BCUT2D eigenvalue weighted by Gasteiger charge is -2.12. The Kier molecular flexibility index (Phi) is 8.21. The van der Waals surface area contributed by atoms with Crippen molar-refractivity contribution >= 4 is 40.9 Å². The van der Waals surface area contributed by atoms with Gasteiger partial charge in [0.05, 0.1) is 7.11 Å².